The summed E-state index contributed by atoms with van der Waals surface area (Å²) in [6.07, 6.45) is -8.19. The minimum atomic E-state index is -1.80. The summed E-state index contributed by atoms with van der Waals surface area (Å²) in [4.78, 5) is 18.0. The first kappa shape index (κ1) is 45.4. The number of aliphatic hydroxyl groups excluding tert-OH is 3. The Morgan fingerprint density at radius 2 is 1.56 bits per heavy atom. The zero-order valence-corrected chi connectivity index (χ0v) is 34.2. The molecule has 14 heteroatoms. The van der Waals surface area contributed by atoms with Gasteiger partial charge in [-0.3, -0.25) is 4.79 Å². The van der Waals surface area contributed by atoms with Crippen molar-refractivity contribution in [2.24, 2.45) is 17.8 Å². The van der Waals surface area contributed by atoms with Crippen LogP contribution in [0, 0.1) is 17.8 Å². The Hall–Kier alpha value is -1.01. The molecule has 0 amide bonds. The SMILES string of the molecule is CC[C@H]1OC(=O)[C@@H](C)[C@@H](O[C@H]2C[C@@](C)(OC)[C@@H](O)[C@H](C)O2)[C@H](C)[C@@H](O[C@@H]2O[C@H](C)C[C@H](N(C)C)[C@@H]2O)[C@](C)(O)C[C@@H](C)CN(C)[C@H](C)[C@@H](O)[C@]1(C)O. The molecule has 3 aliphatic heterocycles. The van der Waals surface area contributed by atoms with Crippen LogP contribution in [0.1, 0.15) is 94.9 Å². The molecule has 0 aromatic heterocycles. The minimum Gasteiger partial charge on any atom is -0.459 e. The summed E-state index contributed by atoms with van der Waals surface area (Å²) in [6, 6.07) is -0.808. The van der Waals surface area contributed by atoms with E-state index in [9.17, 15) is 30.3 Å². The third kappa shape index (κ3) is 10.0. The van der Waals surface area contributed by atoms with Crippen LogP contribution in [0.4, 0.5) is 0 Å². The monoisotopic (exact) mass is 749 g/mol. The van der Waals surface area contributed by atoms with E-state index in [4.69, 9.17) is 28.4 Å². The van der Waals surface area contributed by atoms with Crippen LogP contribution in [0.5, 0.6) is 0 Å². The van der Waals surface area contributed by atoms with Gasteiger partial charge in [0, 0.05) is 38.1 Å². The van der Waals surface area contributed by atoms with Gasteiger partial charge in [-0.05, 0) is 94.8 Å². The second kappa shape index (κ2) is 17.8. The van der Waals surface area contributed by atoms with E-state index in [0.29, 0.717) is 13.0 Å². The fourth-order valence-corrected chi connectivity index (χ4v) is 8.74. The number of cyclic esters (lactones) is 1. The fourth-order valence-electron chi connectivity index (χ4n) is 8.74. The number of hydrogen-bond donors (Lipinski definition) is 5. The van der Waals surface area contributed by atoms with Crippen molar-refractivity contribution < 1.29 is 58.7 Å². The van der Waals surface area contributed by atoms with Crippen molar-refractivity contribution in [2.45, 2.75) is 185 Å². The molecule has 18 atom stereocenters. The van der Waals surface area contributed by atoms with Gasteiger partial charge < -0.3 is 63.8 Å². The number of nitrogens with zero attached hydrogens (tertiary/aromatic N) is 2. The molecule has 52 heavy (non-hydrogen) atoms. The number of carbonyl (C=O) groups excluding carboxylic acids is 1. The predicted molar refractivity (Wildman–Crippen MR) is 194 cm³/mol. The van der Waals surface area contributed by atoms with Crippen molar-refractivity contribution in [3.63, 3.8) is 0 Å². The molecule has 0 aromatic carbocycles. The zero-order chi connectivity index (χ0) is 39.7. The number of hydrogen-bond acceptors (Lipinski definition) is 14. The average Bonchev–Trinajstić information content (AvgIpc) is 3.05. The van der Waals surface area contributed by atoms with Crippen LogP contribution in [-0.4, -0.2) is 166 Å². The van der Waals surface area contributed by atoms with Crippen LogP contribution in [0.15, 0.2) is 0 Å². The Balaban J connectivity index is 2.17. The van der Waals surface area contributed by atoms with Gasteiger partial charge in [0.25, 0.3) is 0 Å². The molecule has 0 aliphatic carbocycles. The van der Waals surface area contributed by atoms with Gasteiger partial charge in [-0.15, -0.1) is 0 Å². The number of methoxy groups -OCH3 is 1. The van der Waals surface area contributed by atoms with E-state index < -0.39 is 96.0 Å². The maximum atomic E-state index is 14.2. The molecule has 3 rings (SSSR count). The zero-order valence-electron chi connectivity index (χ0n) is 34.2. The molecule has 0 saturated carbocycles. The van der Waals surface area contributed by atoms with Crippen molar-refractivity contribution in [1.29, 1.82) is 0 Å². The van der Waals surface area contributed by atoms with Crippen molar-refractivity contribution in [3.05, 3.63) is 0 Å². The van der Waals surface area contributed by atoms with Crippen molar-refractivity contribution in [3.8, 4) is 0 Å². The fraction of sp³-hybridized carbons (Fsp3) is 0.974. The lowest BCUT2D eigenvalue weighted by molar-refractivity contribution is -0.318. The van der Waals surface area contributed by atoms with Crippen LogP contribution in [0.25, 0.3) is 0 Å². The maximum Gasteiger partial charge on any atom is 0.311 e. The highest BCUT2D eigenvalue weighted by Gasteiger charge is 2.52. The number of likely N-dealkylation sites (N-methyl/N-ethyl adjacent to an activating group) is 2. The molecular weight excluding hydrogens is 676 g/mol. The van der Waals surface area contributed by atoms with Crippen molar-refractivity contribution >= 4 is 5.97 Å². The average molecular weight is 749 g/mol. The van der Waals surface area contributed by atoms with Crippen molar-refractivity contribution in [1.82, 2.24) is 9.80 Å². The highest BCUT2D eigenvalue weighted by molar-refractivity contribution is 5.73. The molecule has 0 unspecified atom stereocenters. The van der Waals surface area contributed by atoms with Crippen LogP contribution in [-0.2, 0) is 33.2 Å². The van der Waals surface area contributed by atoms with Crippen LogP contribution < -0.4 is 0 Å². The predicted octanol–water partition coefficient (Wildman–Crippen LogP) is 1.90. The Bertz CT molecular complexity index is 1140. The maximum absolute atomic E-state index is 14.2. The normalized spacial score (nSPS) is 49.6. The number of rotatable bonds is 7. The van der Waals surface area contributed by atoms with Crippen LogP contribution >= 0.6 is 0 Å². The van der Waals surface area contributed by atoms with E-state index in [1.165, 1.54) is 14.0 Å². The number of aliphatic hydroxyl groups is 5. The lowest BCUT2D eigenvalue weighted by Crippen LogP contribution is -2.60. The third-order valence-corrected chi connectivity index (χ3v) is 12.2. The summed E-state index contributed by atoms with van der Waals surface area (Å²) >= 11 is 0. The molecule has 3 aliphatic rings. The molecule has 0 aromatic rings. The van der Waals surface area contributed by atoms with Gasteiger partial charge in [-0.1, -0.05) is 20.8 Å². The molecule has 306 valence electrons. The van der Waals surface area contributed by atoms with Gasteiger partial charge in [-0.25, -0.2) is 0 Å². The highest BCUT2D eigenvalue weighted by atomic mass is 16.7. The topological polar surface area (TPSA) is 180 Å². The molecule has 0 radical (unpaired) electrons. The largest absolute Gasteiger partial charge is 0.459 e. The molecule has 0 spiro atoms. The number of ether oxygens (including phenoxy) is 6. The molecule has 3 fully saturated rings. The minimum absolute atomic E-state index is 0.133. The summed E-state index contributed by atoms with van der Waals surface area (Å²) in [6.45, 7) is 18.0. The highest BCUT2D eigenvalue weighted by Crippen LogP contribution is 2.40. The summed E-state index contributed by atoms with van der Waals surface area (Å²) in [7, 11) is 7.12. The second-order valence-corrected chi connectivity index (χ2v) is 17.2. The van der Waals surface area contributed by atoms with E-state index in [0.717, 1.165) is 0 Å². The summed E-state index contributed by atoms with van der Waals surface area (Å²) in [5, 5.41) is 58.1. The first-order chi connectivity index (χ1) is 23.9. The molecule has 5 N–H and O–H groups in total. The Morgan fingerprint density at radius 3 is 2.12 bits per heavy atom. The quantitative estimate of drug-likeness (QED) is 0.238. The lowest BCUT2D eigenvalue weighted by atomic mass is 9.77. The molecule has 0 bridgehead atoms. The van der Waals surface area contributed by atoms with E-state index in [-0.39, 0.29) is 37.3 Å². The Morgan fingerprint density at radius 1 is 0.942 bits per heavy atom. The molecule has 3 heterocycles. The number of carbonyl (C=O) groups is 1. The summed E-state index contributed by atoms with van der Waals surface area (Å²) < 4.78 is 37.5. The van der Waals surface area contributed by atoms with Gasteiger partial charge >= 0.3 is 5.97 Å². The van der Waals surface area contributed by atoms with Crippen LogP contribution in [0.3, 0.4) is 0 Å². The standard InChI is InChI=1S/C38H72N2O12/c1-15-27-38(10,46)31(42)24(6)40(13)19-20(2)17-36(8,45)33(52-35-29(41)26(39(11)12)16-21(3)48-35)22(4)30(23(5)34(44)50-27)51-28-18-37(9,47-14)32(43)25(7)49-28/h20-33,35,41-43,45-46H,15-19H2,1-14H3/t20-,21-,22+,23+,24-,25+,26+,27-,28+,29+,30+,31-,32+,33-,35+,36-,37-,38-/m1/s1. The first-order valence-electron chi connectivity index (χ1n) is 19.1. The lowest BCUT2D eigenvalue weighted by Gasteiger charge is -2.48. The second-order valence-electron chi connectivity index (χ2n) is 17.2. The smallest absolute Gasteiger partial charge is 0.311 e. The molecule has 3 saturated heterocycles. The van der Waals surface area contributed by atoms with Gasteiger partial charge in [0.05, 0.1) is 41.5 Å². The van der Waals surface area contributed by atoms with E-state index in [2.05, 4.69) is 0 Å². The number of esters is 1. The van der Waals surface area contributed by atoms with E-state index in [1.54, 1.807) is 41.5 Å². The third-order valence-electron chi connectivity index (χ3n) is 12.2. The van der Waals surface area contributed by atoms with Gasteiger partial charge in [-0.2, -0.15) is 0 Å². The van der Waals surface area contributed by atoms with Gasteiger partial charge in [0.1, 0.15) is 30.0 Å². The summed E-state index contributed by atoms with van der Waals surface area (Å²) in [5.41, 5.74) is -4.37. The Kier molecular flexibility index (Phi) is 15.6. The van der Waals surface area contributed by atoms with E-state index in [1.807, 2.05) is 51.7 Å². The van der Waals surface area contributed by atoms with E-state index >= 15 is 0 Å². The first-order valence-corrected chi connectivity index (χ1v) is 19.1. The van der Waals surface area contributed by atoms with Crippen molar-refractivity contribution in [2.75, 3.05) is 34.8 Å². The summed E-state index contributed by atoms with van der Waals surface area (Å²) in [5.74, 6) is -2.58. The molecular formula is C38H72N2O12. The molecule has 14 nitrogen and oxygen atoms in total. The Labute approximate surface area is 312 Å². The van der Waals surface area contributed by atoms with Crippen LogP contribution in [0.2, 0.25) is 0 Å². The van der Waals surface area contributed by atoms with Gasteiger partial charge in [0.15, 0.2) is 12.6 Å². The van der Waals surface area contributed by atoms with Gasteiger partial charge in [0.2, 0.25) is 0 Å².